The number of nitrogens with zero attached hydrogens (tertiary/aromatic N) is 2. The molecule has 4 nitrogen and oxygen atoms in total. The molecule has 68 valence electrons. The minimum atomic E-state index is -0.521. The number of hydrogen-bond donors (Lipinski definition) is 0. The number of carbonyl (C=O) groups is 1. The third-order valence-electron chi connectivity index (χ3n) is 1.51. The molecule has 0 unspecified atom stereocenters. The molecule has 1 aromatic heterocycles. The molecule has 0 atom stereocenters. The molecule has 1 heterocycles. The average Bonchev–Trinajstić information content (AvgIpc) is 2.16. The Labute approximate surface area is 81.5 Å². The van der Waals surface area contributed by atoms with Gasteiger partial charge in [-0.15, -0.1) is 0 Å². The molecule has 0 amide bonds. The van der Waals surface area contributed by atoms with Gasteiger partial charge in [-0.05, 0) is 0 Å². The molecule has 6 heteroatoms. The van der Waals surface area contributed by atoms with Gasteiger partial charge in [-0.2, -0.15) is 0 Å². The highest BCUT2D eigenvalue weighted by atomic mass is 35.5. The van der Waals surface area contributed by atoms with Gasteiger partial charge in [0.25, 0.3) is 0 Å². The second-order valence-corrected chi connectivity index (χ2v) is 2.69. The van der Waals surface area contributed by atoms with Crippen LogP contribution < -0.4 is 5.72 Å². The monoisotopic (exact) mass is 198 g/mol. The van der Waals surface area contributed by atoms with Crippen LogP contribution in [0.3, 0.4) is 0 Å². The van der Waals surface area contributed by atoms with E-state index in [1.54, 1.807) is 0 Å². The third kappa shape index (κ3) is 2.18. The van der Waals surface area contributed by atoms with E-state index < -0.39 is 5.97 Å². The molecule has 0 saturated heterocycles. The van der Waals surface area contributed by atoms with Gasteiger partial charge in [0.1, 0.15) is 10.7 Å². The molecule has 0 bridgehead atoms. The van der Waals surface area contributed by atoms with E-state index >= 15 is 0 Å². The lowest BCUT2D eigenvalue weighted by Crippen LogP contribution is -2.21. The summed E-state index contributed by atoms with van der Waals surface area (Å²) < 4.78 is 4.49. The van der Waals surface area contributed by atoms with Crippen LogP contribution in [-0.2, 0) is 4.74 Å². The summed E-state index contributed by atoms with van der Waals surface area (Å²) >= 11 is 5.73. The van der Waals surface area contributed by atoms with E-state index in [9.17, 15) is 4.79 Å². The standard InChI is InChI=1S/C7H8BClN2O2/c1-8-7-10-3-4(5(9)11-7)6(12)13-2/h3,8H,1-2H3. The molecule has 0 saturated carbocycles. The summed E-state index contributed by atoms with van der Waals surface area (Å²) in [6.45, 7) is 1.91. The van der Waals surface area contributed by atoms with Gasteiger partial charge in [0.2, 0.25) is 7.28 Å². The van der Waals surface area contributed by atoms with Crippen molar-refractivity contribution in [2.45, 2.75) is 6.82 Å². The molecule has 0 aromatic carbocycles. The van der Waals surface area contributed by atoms with Crippen molar-refractivity contribution in [3.8, 4) is 0 Å². The van der Waals surface area contributed by atoms with Crippen molar-refractivity contribution in [3.63, 3.8) is 0 Å². The number of ether oxygens (including phenoxy) is 1. The molecule has 0 spiro atoms. The van der Waals surface area contributed by atoms with Gasteiger partial charge in [-0.25, -0.2) is 9.78 Å². The molecular weight excluding hydrogens is 190 g/mol. The molecular formula is C7H8BClN2O2. The zero-order valence-corrected chi connectivity index (χ0v) is 8.13. The van der Waals surface area contributed by atoms with Crippen LogP contribution in [0.4, 0.5) is 0 Å². The largest absolute Gasteiger partial charge is 0.465 e. The van der Waals surface area contributed by atoms with Gasteiger partial charge < -0.3 is 4.74 Å². The van der Waals surface area contributed by atoms with E-state index in [4.69, 9.17) is 11.6 Å². The van der Waals surface area contributed by atoms with Gasteiger partial charge in [-0.3, -0.25) is 4.98 Å². The van der Waals surface area contributed by atoms with E-state index in [1.807, 2.05) is 6.82 Å². The van der Waals surface area contributed by atoms with Crippen LogP contribution in [0.5, 0.6) is 0 Å². The first-order valence-electron chi connectivity index (χ1n) is 3.78. The summed E-state index contributed by atoms with van der Waals surface area (Å²) in [6, 6.07) is 0. The summed E-state index contributed by atoms with van der Waals surface area (Å²) in [7, 11) is 1.97. The first-order valence-corrected chi connectivity index (χ1v) is 4.16. The van der Waals surface area contributed by atoms with Crippen molar-refractivity contribution >= 4 is 30.6 Å². The van der Waals surface area contributed by atoms with Crippen molar-refractivity contribution in [3.05, 3.63) is 16.9 Å². The third-order valence-corrected chi connectivity index (χ3v) is 1.80. The zero-order chi connectivity index (χ0) is 9.84. The summed E-state index contributed by atoms with van der Waals surface area (Å²) in [5.74, 6) is -0.521. The Bertz CT molecular complexity index is 332. The minimum absolute atomic E-state index is 0.138. The lowest BCUT2D eigenvalue weighted by molar-refractivity contribution is 0.0600. The Morgan fingerprint density at radius 1 is 1.69 bits per heavy atom. The first kappa shape index (κ1) is 9.99. The average molecular weight is 198 g/mol. The molecule has 1 aromatic rings. The Hall–Kier alpha value is -1.10. The van der Waals surface area contributed by atoms with Gasteiger partial charge in [0.15, 0.2) is 0 Å². The number of aromatic nitrogens is 2. The van der Waals surface area contributed by atoms with Crippen molar-refractivity contribution in [1.29, 1.82) is 0 Å². The van der Waals surface area contributed by atoms with Crippen molar-refractivity contribution < 1.29 is 9.53 Å². The molecule has 0 aliphatic carbocycles. The van der Waals surface area contributed by atoms with Crippen molar-refractivity contribution in [2.24, 2.45) is 0 Å². The number of halogens is 1. The summed E-state index contributed by atoms with van der Waals surface area (Å²) in [5.41, 5.74) is 0.805. The Balaban J connectivity index is 3.05. The van der Waals surface area contributed by atoms with Gasteiger partial charge in [-0.1, -0.05) is 18.4 Å². The van der Waals surface area contributed by atoms with Crippen molar-refractivity contribution in [2.75, 3.05) is 7.11 Å². The predicted molar refractivity (Wildman–Crippen MR) is 51.0 cm³/mol. The zero-order valence-electron chi connectivity index (χ0n) is 7.37. The predicted octanol–water partition coefficient (Wildman–Crippen LogP) is 0.0265. The summed E-state index contributed by atoms with van der Waals surface area (Å²) in [6.07, 6.45) is 1.38. The maximum atomic E-state index is 11.0. The quantitative estimate of drug-likeness (QED) is 0.382. The van der Waals surface area contributed by atoms with Crippen LogP contribution >= 0.6 is 11.6 Å². The maximum Gasteiger partial charge on any atom is 0.342 e. The number of esters is 1. The Morgan fingerprint density at radius 2 is 2.38 bits per heavy atom. The van der Waals surface area contributed by atoms with E-state index in [0.717, 1.165) is 0 Å². The van der Waals surface area contributed by atoms with E-state index in [-0.39, 0.29) is 10.7 Å². The topological polar surface area (TPSA) is 52.1 Å². The molecule has 0 N–H and O–H groups in total. The van der Waals surface area contributed by atoms with Crippen molar-refractivity contribution in [1.82, 2.24) is 9.97 Å². The number of rotatable bonds is 2. The smallest absolute Gasteiger partial charge is 0.342 e. The fraction of sp³-hybridized carbons (Fsp3) is 0.286. The normalized spacial score (nSPS) is 9.46. The fourth-order valence-corrected chi connectivity index (χ4v) is 1.04. The first-order chi connectivity index (χ1) is 6.19. The molecule has 13 heavy (non-hydrogen) atoms. The van der Waals surface area contributed by atoms with Gasteiger partial charge >= 0.3 is 5.97 Å². The van der Waals surface area contributed by atoms with Gasteiger partial charge in [0.05, 0.1) is 12.8 Å². The highest BCUT2D eigenvalue weighted by Gasteiger charge is 2.12. The second kappa shape index (κ2) is 4.23. The van der Waals surface area contributed by atoms with Crippen LogP contribution in [-0.4, -0.2) is 30.3 Å². The summed E-state index contributed by atoms with van der Waals surface area (Å²) in [4.78, 5) is 18.9. The molecule has 0 fully saturated rings. The van der Waals surface area contributed by atoms with E-state index in [1.165, 1.54) is 13.3 Å². The van der Waals surface area contributed by atoms with Crippen LogP contribution in [0.2, 0.25) is 12.0 Å². The van der Waals surface area contributed by atoms with E-state index in [2.05, 4.69) is 14.7 Å². The second-order valence-electron chi connectivity index (χ2n) is 2.34. The van der Waals surface area contributed by atoms with E-state index in [0.29, 0.717) is 13.0 Å². The van der Waals surface area contributed by atoms with Crippen LogP contribution in [0.25, 0.3) is 0 Å². The highest BCUT2D eigenvalue weighted by Crippen LogP contribution is 2.09. The molecule has 0 radical (unpaired) electrons. The number of hydrogen-bond acceptors (Lipinski definition) is 4. The lowest BCUT2D eigenvalue weighted by Gasteiger charge is -2.01. The summed E-state index contributed by atoms with van der Waals surface area (Å²) in [5, 5.41) is 0.138. The number of carbonyl (C=O) groups excluding carboxylic acids is 1. The maximum absolute atomic E-state index is 11.0. The minimum Gasteiger partial charge on any atom is -0.465 e. The molecule has 1 rings (SSSR count). The SMILES string of the molecule is CBc1ncc(C(=O)OC)c(Cl)n1. The van der Waals surface area contributed by atoms with Crippen LogP contribution in [0, 0.1) is 0 Å². The molecule has 0 aliphatic heterocycles. The fourth-order valence-electron chi connectivity index (χ4n) is 0.812. The van der Waals surface area contributed by atoms with Crippen LogP contribution in [0.1, 0.15) is 10.4 Å². The van der Waals surface area contributed by atoms with Crippen LogP contribution in [0.15, 0.2) is 6.20 Å². The lowest BCUT2D eigenvalue weighted by atomic mass is 9.81. The Kier molecular flexibility index (Phi) is 3.25. The molecule has 0 aliphatic rings. The number of methoxy groups -OCH3 is 1. The highest BCUT2D eigenvalue weighted by molar-refractivity contribution is 6.50. The van der Waals surface area contributed by atoms with Gasteiger partial charge in [0, 0.05) is 6.20 Å². The Morgan fingerprint density at radius 3 is 2.85 bits per heavy atom.